The van der Waals surface area contributed by atoms with Crippen LogP contribution in [-0.2, 0) is 20.1 Å². The van der Waals surface area contributed by atoms with Crippen molar-refractivity contribution in [2.24, 2.45) is 7.05 Å². The number of rotatable bonds is 5. The zero-order valence-electron chi connectivity index (χ0n) is 15.4. The van der Waals surface area contributed by atoms with Gasteiger partial charge in [0.25, 0.3) is 0 Å². The Balaban J connectivity index is 1.38. The highest BCUT2D eigenvalue weighted by molar-refractivity contribution is 5.65. The fraction of sp³-hybridized carbons (Fsp3) is 0.318. The highest BCUT2D eigenvalue weighted by Crippen LogP contribution is 2.24. The Morgan fingerprint density at radius 2 is 1.35 bits per heavy atom. The van der Waals surface area contributed by atoms with Crippen LogP contribution in [0.2, 0.25) is 0 Å². The second kappa shape index (κ2) is 7.85. The second-order valence-corrected chi connectivity index (χ2v) is 7.07. The predicted octanol–water partition coefficient (Wildman–Crippen LogP) is 3.40. The van der Waals surface area contributed by atoms with E-state index in [0.717, 1.165) is 39.3 Å². The summed E-state index contributed by atoms with van der Waals surface area (Å²) in [6.07, 6.45) is 2.14. The lowest BCUT2D eigenvalue weighted by Crippen LogP contribution is -2.45. The van der Waals surface area contributed by atoms with Crippen LogP contribution < -0.4 is 0 Å². The first-order valence-corrected chi connectivity index (χ1v) is 9.34. The van der Waals surface area contributed by atoms with Gasteiger partial charge in [-0.1, -0.05) is 60.7 Å². The van der Waals surface area contributed by atoms with Crippen molar-refractivity contribution in [1.82, 2.24) is 19.6 Å². The number of aromatic nitrogens is 2. The Labute approximate surface area is 155 Å². The molecule has 0 amide bonds. The largest absolute Gasteiger partial charge is 0.297 e. The summed E-state index contributed by atoms with van der Waals surface area (Å²) in [6, 6.07) is 21.3. The highest BCUT2D eigenvalue weighted by atomic mass is 15.3. The van der Waals surface area contributed by atoms with Crippen molar-refractivity contribution in [2.45, 2.75) is 13.1 Å². The smallest absolute Gasteiger partial charge is 0.0842 e. The highest BCUT2D eigenvalue weighted by Gasteiger charge is 2.19. The van der Waals surface area contributed by atoms with E-state index in [9.17, 15) is 0 Å². The molecule has 1 saturated heterocycles. The van der Waals surface area contributed by atoms with E-state index >= 15 is 0 Å². The Morgan fingerprint density at radius 1 is 0.769 bits per heavy atom. The van der Waals surface area contributed by atoms with E-state index in [2.05, 4.69) is 76.7 Å². The first kappa shape index (κ1) is 17.0. The molecule has 0 N–H and O–H groups in total. The van der Waals surface area contributed by atoms with Gasteiger partial charge in [0, 0.05) is 58.1 Å². The molecule has 2 aromatic carbocycles. The van der Waals surface area contributed by atoms with Crippen LogP contribution in [0.4, 0.5) is 0 Å². The van der Waals surface area contributed by atoms with Crippen LogP contribution in [0, 0.1) is 0 Å². The fourth-order valence-electron chi connectivity index (χ4n) is 3.67. The Morgan fingerprint density at radius 3 is 2.00 bits per heavy atom. The third kappa shape index (κ3) is 4.03. The summed E-state index contributed by atoms with van der Waals surface area (Å²) in [4.78, 5) is 5.07. The molecule has 0 radical (unpaired) electrons. The fourth-order valence-corrected chi connectivity index (χ4v) is 3.67. The van der Waals surface area contributed by atoms with Crippen molar-refractivity contribution in [3.63, 3.8) is 0 Å². The van der Waals surface area contributed by atoms with Gasteiger partial charge in [0.15, 0.2) is 0 Å². The topological polar surface area (TPSA) is 24.3 Å². The SMILES string of the molecule is Cn1cc(-c2ccccc2)c(CN2CCN(Cc3ccccc3)CC2)n1. The van der Waals surface area contributed by atoms with Gasteiger partial charge in [-0.05, 0) is 11.1 Å². The van der Waals surface area contributed by atoms with E-state index in [1.807, 2.05) is 11.7 Å². The maximum absolute atomic E-state index is 4.73. The van der Waals surface area contributed by atoms with E-state index in [0.29, 0.717) is 0 Å². The zero-order chi connectivity index (χ0) is 17.8. The van der Waals surface area contributed by atoms with Gasteiger partial charge in [-0.2, -0.15) is 5.10 Å². The van der Waals surface area contributed by atoms with Gasteiger partial charge in [-0.25, -0.2) is 0 Å². The normalized spacial score (nSPS) is 16.0. The molecular weight excluding hydrogens is 320 g/mol. The van der Waals surface area contributed by atoms with E-state index in [-0.39, 0.29) is 0 Å². The van der Waals surface area contributed by atoms with Gasteiger partial charge in [0.1, 0.15) is 0 Å². The number of hydrogen-bond acceptors (Lipinski definition) is 3. The number of aryl methyl sites for hydroxylation is 1. The second-order valence-electron chi connectivity index (χ2n) is 7.07. The van der Waals surface area contributed by atoms with Crippen molar-refractivity contribution in [2.75, 3.05) is 26.2 Å². The number of piperazine rings is 1. The summed E-state index contributed by atoms with van der Waals surface area (Å²) in [7, 11) is 2.01. The van der Waals surface area contributed by atoms with Crippen LogP contribution in [0.1, 0.15) is 11.3 Å². The number of hydrogen-bond donors (Lipinski definition) is 0. The predicted molar refractivity (Wildman–Crippen MR) is 106 cm³/mol. The molecule has 0 aliphatic carbocycles. The van der Waals surface area contributed by atoms with Crippen LogP contribution in [0.25, 0.3) is 11.1 Å². The molecular formula is C22H26N4. The number of benzene rings is 2. The van der Waals surface area contributed by atoms with Gasteiger partial charge in [-0.15, -0.1) is 0 Å². The molecule has 4 nitrogen and oxygen atoms in total. The van der Waals surface area contributed by atoms with Crippen LogP contribution in [-0.4, -0.2) is 45.8 Å². The third-order valence-electron chi connectivity index (χ3n) is 5.08. The van der Waals surface area contributed by atoms with E-state index in [1.165, 1.54) is 22.4 Å². The van der Waals surface area contributed by atoms with Crippen molar-refractivity contribution in [1.29, 1.82) is 0 Å². The first-order chi connectivity index (χ1) is 12.8. The molecule has 0 unspecified atom stereocenters. The summed E-state index contributed by atoms with van der Waals surface area (Å²) in [6.45, 7) is 6.39. The summed E-state index contributed by atoms with van der Waals surface area (Å²) in [5, 5.41) is 4.73. The molecule has 3 aromatic rings. The average molecular weight is 346 g/mol. The molecule has 1 aliphatic heterocycles. The van der Waals surface area contributed by atoms with Gasteiger partial charge in [-0.3, -0.25) is 14.5 Å². The molecule has 1 aliphatic rings. The molecule has 0 spiro atoms. The van der Waals surface area contributed by atoms with Gasteiger partial charge >= 0.3 is 0 Å². The molecule has 134 valence electrons. The molecule has 0 atom stereocenters. The molecule has 0 saturated carbocycles. The minimum absolute atomic E-state index is 0.921. The monoisotopic (exact) mass is 346 g/mol. The quantitative estimate of drug-likeness (QED) is 0.708. The zero-order valence-corrected chi connectivity index (χ0v) is 15.4. The molecule has 1 aromatic heterocycles. The maximum Gasteiger partial charge on any atom is 0.0842 e. The standard InChI is InChI=1S/C22H26N4/c1-24-17-21(20-10-6-3-7-11-20)22(23-24)18-26-14-12-25(13-15-26)16-19-8-4-2-5-9-19/h2-11,17H,12-16,18H2,1H3. The van der Waals surface area contributed by atoms with E-state index in [4.69, 9.17) is 5.10 Å². The lowest BCUT2D eigenvalue weighted by Gasteiger charge is -2.34. The average Bonchev–Trinajstić information content (AvgIpc) is 3.05. The molecule has 1 fully saturated rings. The minimum Gasteiger partial charge on any atom is -0.297 e. The number of nitrogens with zero attached hydrogens (tertiary/aromatic N) is 4. The molecule has 2 heterocycles. The van der Waals surface area contributed by atoms with Crippen LogP contribution >= 0.6 is 0 Å². The Kier molecular flexibility index (Phi) is 5.14. The lowest BCUT2D eigenvalue weighted by atomic mass is 10.1. The third-order valence-corrected chi connectivity index (χ3v) is 5.08. The molecule has 4 heteroatoms. The summed E-state index contributed by atoms with van der Waals surface area (Å²) >= 11 is 0. The molecule has 0 bridgehead atoms. The maximum atomic E-state index is 4.73. The van der Waals surface area contributed by atoms with Gasteiger partial charge < -0.3 is 0 Å². The van der Waals surface area contributed by atoms with Crippen LogP contribution in [0.15, 0.2) is 66.9 Å². The van der Waals surface area contributed by atoms with Crippen molar-refractivity contribution >= 4 is 0 Å². The van der Waals surface area contributed by atoms with Crippen LogP contribution in [0.3, 0.4) is 0 Å². The molecule has 26 heavy (non-hydrogen) atoms. The van der Waals surface area contributed by atoms with Gasteiger partial charge in [0.05, 0.1) is 5.69 Å². The van der Waals surface area contributed by atoms with E-state index in [1.54, 1.807) is 0 Å². The summed E-state index contributed by atoms with van der Waals surface area (Å²) in [5.74, 6) is 0. The summed E-state index contributed by atoms with van der Waals surface area (Å²) in [5.41, 5.74) is 5.07. The summed E-state index contributed by atoms with van der Waals surface area (Å²) < 4.78 is 1.93. The first-order valence-electron chi connectivity index (χ1n) is 9.34. The van der Waals surface area contributed by atoms with Gasteiger partial charge in [0.2, 0.25) is 0 Å². The van der Waals surface area contributed by atoms with Crippen molar-refractivity contribution in [3.05, 3.63) is 78.1 Å². The Bertz CT molecular complexity index is 818. The lowest BCUT2D eigenvalue weighted by molar-refractivity contribution is 0.121. The van der Waals surface area contributed by atoms with Crippen molar-refractivity contribution < 1.29 is 0 Å². The van der Waals surface area contributed by atoms with Crippen LogP contribution in [0.5, 0.6) is 0 Å². The Hall–Kier alpha value is -2.43. The van der Waals surface area contributed by atoms with Crippen molar-refractivity contribution in [3.8, 4) is 11.1 Å². The minimum atomic E-state index is 0.921. The molecule has 4 rings (SSSR count). The van der Waals surface area contributed by atoms with E-state index < -0.39 is 0 Å².